The molecule has 2 unspecified atom stereocenters. The monoisotopic (exact) mass is 214 g/mol. The summed E-state index contributed by atoms with van der Waals surface area (Å²) in [6.45, 7) is 6.70. The van der Waals surface area contributed by atoms with Gasteiger partial charge in [0, 0.05) is 19.1 Å². The number of hydrogen-bond donors (Lipinski definition) is 2. The second kappa shape index (κ2) is 4.49. The molecule has 4 nitrogen and oxygen atoms in total. The van der Waals surface area contributed by atoms with Gasteiger partial charge in [0.1, 0.15) is 0 Å². The number of rotatable bonds is 3. The molecule has 0 saturated carbocycles. The Labute approximate surface area is 91.6 Å². The van der Waals surface area contributed by atoms with E-state index in [2.05, 4.69) is 26.1 Å². The molecule has 0 aromatic carbocycles. The third-order valence-electron chi connectivity index (χ3n) is 3.51. The molecular formula is C11H22N2O2. The van der Waals surface area contributed by atoms with E-state index in [0.717, 1.165) is 6.42 Å². The van der Waals surface area contributed by atoms with E-state index in [4.69, 9.17) is 0 Å². The SMILES string of the molecule is CCC(C)(C)N(C)C(=O)C1CC(O)CN1. The minimum Gasteiger partial charge on any atom is -0.392 e. The lowest BCUT2D eigenvalue weighted by Gasteiger charge is -2.36. The molecule has 0 radical (unpaired) electrons. The van der Waals surface area contributed by atoms with E-state index in [1.54, 1.807) is 4.90 Å². The zero-order valence-corrected chi connectivity index (χ0v) is 10.1. The second-order valence-corrected chi connectivity index (χ2v) is 4.91. The Hall–Kier alpha value is -0.610. The molecule has 1 amide bonds. The third kappa shape index (κ3) is 2.69. The number of β-amino-alcohol motifs (C(OH)–C–C–N with tert-alkyl or cyclic N) is 1. The smallest absolute Gasteiger partial charge is 0.239 e. The van der Waals surface area contributed by atoms with Crippen LogP contribution in [0.3, 0.4) is 0 Å². The van der Waals surface area contributed by atoms with E-state index in [0.29, 0.717) is 13.0 Å². The highest BCUT2D eigenvalue weighted by Gasteiger charge is 2.34. The Morgan fingerprint density at radius 1 is 1.60 bits per heavy atom. The minimum absolute atomic E-state index is 0.0819. The summed E-state index contributed by atoms with van der Waals surface area (Å²) in [7, 11) is 1.83. The van der Waals surface area contributed by atoms with E-state index in [1.165, 1.54) is 0 Å². The summed E-state index contributed by atoms with van der Waals surface area (Å²) in [5, 5.41) is 12.4. The Kier molecular flexibility index (Phi) is 3.73. The van der Waals surface area contributed by atoms with Crippen molar-refractivity contribution in [2.75, 3.05) is 13.6 Å². The maximum atomic E-state index is 12.0. The van der Waals surface area contributed by atoms with Crippen LogP contribution in [-0.2, 0) is 4.79 Å². The number of nitrogens with zero attached hydrogens (tertiary/aromatic N) is 1. The lowest BCUT2D eigenvalue weighted by atomic mass is 9.98. The van der Waals surface area contributed by atoms with Gasteiger partial charge in [-0.2, -0.15) is 0 Å². The van der Waals surface area contributed by atoms with Gasteiger partial charge < -0.3 is 15.3 Å². The molecule has 1 saturated heterocycles. The van der Waals surface area contributed by atoms with E-state index in [1.807, 2.05) is 7.05 Å². The van der Waals surface area contributed by atoms with Crippen LogP contribution >= 0.6 is 0 Å². The van der Waals surface area contributed by atoms with E-state index >= 15 is 0 Å². The van der Waals surface area contributed by atoms with Crippen LogP contribution in [0.5, 0.6) is 0 Å². The van der Waals surface area contributed by atoms with E-state index in [9.17, 15) is 9.90 Å². The maximum absolute atomic E-state index is 12.0. The van der Waals surface area contributed by atoms with E-state index in [-0.39, 0.29) is 23.6 Å². The molecule has 0 aromatic rings. The summed E-state index contributed by atoms with van der Waals surface area (Å²) in [5.41, 5.74) is -0.119. The minimum atomic E-state index is -0.378. The molecule has 15 heavy (non-hydrogen) atoms. The topological polar surface area (TPSA) is 52.6 Å². The molecule has 0 bridgehead atoms. The number of likely N-dealkylation sites (N-methyl/N-ethyl adjacent to an activating group) is 1. The number of hydrogen-bond acceptors (Lipinski definition) is 3. The predicted molar refractivity (Wildman–Crippen MR) is 59.6 cm³/mol. The fraction of sp³-hybridized carbons (Fsp3) is 0.909. The summed E-state index contributed by atoms with van der Waals surface area (Å²) in [5.74, 6) is 0.0819. The molecule has 2 atom stereocenters. The first-order valence-corrected chi connectivity index (χ1v) is 5.57. The average Bonchev–Trinajstić information content (AvgIpc) is 2.62. The number of amides is 1. The van der Waals surface area contributed by atoms with Crippen LogP contribution in [0.15, 0.2) is 0 Å². The highest BCUT2D eigenvalue weighted by Crippen LogP contribution is 2.19. The first-order chi connectivity index (χ1) is 6.88. The molecule has 88 valence electrons. The van der Waals surface area contributed by atoms with Gasteiger partial charge in [-0.3, -0.25) is 4.79 Å². The molecule has 0 spiro atoms. The number of carbonyl (C=O) groups excluding carboxylic acids is 1. The van der Waals surface area contributed by atoms with Crippen molar-refractivity contribution < 1.29 is 9.90 Å². The second-order valence-electron chi connectivity index (χ2n) is 4.91. The zero-order valence-electron chi connectivity index (χ0n) is 10.1. The normalized spacial score (nSPS) is 26.7. The molecule has 1 rings (SSSR count). The van der Waals surface area contributed by atoms with Gasteiger partial charge in [0.15, 0.2) is 0 Å². The molecule has 2 N–H and O–H groups in total. The van der Waals surface area contributed by atoms with Crippen molar-refractivity contribution >= 4 is 5.91 Å². The molecule has 0 aliphatic carbocycles. The average molecular weight is 214 g/mol. The van der Waals surface area contributed by atoms with Crippen molar-refractivity contribution in [1.29, 1.82) is 0 Å². The van der Waals surface area contributed by atoms with Crippen molar-refractivity contribution in [1.82, 2.24) is 10.2 Å². The van der Waals surface area contributed by atoms with E-state index < -0.39 is 0 Å². The zero-order chi connectivity index (χ0) is 11.6. The first-order valence-electron chi connectivity index (χ1n) is 5.57. The van der Waals surface area contributed by atoms with Gasteiger partial charge in [0.05, 0.1) is 12.1 Å². The number of aliphatic hydroxyl groups excluding tert-OH is 1. The van der Waals surface area contributed by atoms with Crippen molar-refractivity contribution in [3.05, 3.63) is 0 Å². The van der Waals surface area contributed by atoms with Gasteiger partial charge in [0.25, 0.3) is 0 Å². The van der Waals surface area contributed by atoms with Crippen LogP contribution in [0, 0.1) is 0 Å². The van der Waals surface area contributed by atoms with Gasteiger partial charge >= 0.3 is 0 Å². The standard InChI is InChI=1S/C11H22N2O2/c1-5-11(2,3)13(4)10(15)9-6-8(14)7-12-9/h8-9,12,14H,5-7H2,1-4H3. The van der Waals surface area contributed by atoms with Crippen molar-refractivity contribution in [3.63, 3.8) is 0 Å². The van der Waals surface area contributed by atoms with Crippen molar-refractivity contribution in [2.45, 2.75) is 51.3 Å². The highest BCUT2D eigenvalue weighted by molar-refractivity contribution is 5.82. The van der Waals surface area contributed by atoms with Gasteiger partial charge in [-0.15, -0.1) is 0 Å². The molecule has 4 heteroatoms. The Bertz CT molecular complexity index is 241. The Balaban J connectivity index is 2.60. The summed E-state index contributed by atoms with van der Waals surface area (Å²) >= 11 is 0. The lowest BCUT2D eigenvalue weighted by molar-refractivity contribution is -0.136. The fourth-order valence-corrected chi connectivity index (χ4v) is 1.67. The molecule has 1 aliphatic heterocycles. The van der Waals surface area contributed by atoms with Gasteiger partial charge in [-0.1, -0.05) is 6.92 Å². The van der Waals surface area contributed by atoms with Crippen molar-refractivity contribution in [2.24, 2.45) is 0 Å². The Morgan fingerprint density at radius 2 is 2.20 bits per heavy atom. The lowest BCUT2D eigenvalue weighted by Crippen LogP contribution is -2.51. The molecule has 0 aromatic heterocycles. The summed E-state index contributed by atoms with van der Waals surface area (Å²) in [6, 6.07) is -0.212. The summed E-state index contributed by atoms with van der Waals surface area (Å²) in [4.78, 5) is 13.8. The van der Waals surface area contributed by atoms with Gasteiger partial charge in [0.2, 0.25) is 5.91 Å². The number of carbonyl (C=O) groups is 1. The molecule has 1 fully saturated rings. The first kappa shape index (κ1) is 12.5. The predicted octanol–water partition coefficient (Wildman–Crippen LogP) is 0.356. The van der Waals surface area contributed by atoms with Crippen LogP contribution in [0.25, 0.3) is 0 Å². The van der Waals surface area contributed by atoms with Crippen LogP contribution in [0.2, 0.25) is 0 Å². The third-order valence-corrected chi connectivity index (χ3v) is 3.51. The van der Waals surface area contributed by atoms with Crippen LogP contribution in [0.1, 0.15) is 33.6 Å². The molecule has 1 aliphatic rings. The Morgan fingerprint density at radius 3 is 2.60 bits per heavy atom. The van der Waals surface area contributed by atoms with Crippen LogP contribution in [-0.4, -0.2) is 47.2 Å². The molecular weight excluding hydrogens is 192 g/mol. The fourth-order valence-electron chi connectivity index (χ4n) is 1.67. The summed E-state index contributed by atoms with van der Waals surface area (Å²) in [6.07, 6.45) is 1.07. The van der Waals surface area contributed by atoms with Gasteiger partial charge in [-0.05, 0) is 26.7 Å². The van der Waals surface area contributed by atoms with Gasteiger partial charge in [-0.25, -0.2) is 0 Å². The molecule has 1 heterocycles. The quantitative estimate of drug-likeness (QED) is 0.713. The maximum Gasteiger partial charge on any atom is 0.239 e. The van der Waals surface area contributed by atoms with Crippen molar-refractivity contribution in [3.8, 4) is 0 Å². The van der Waals surface area contributed by atoms with Crippen LogP contribution < -0.4 is 5.32 Å². The number of nitrogens with one attached hydrogen (secondary N) is 1. The van der Waals surface area contributed by atoms with Crippen LogP contribution in [0.4, 0.5) is 0 Å². The summed E-state index contributed by atoms with van der Waals surface area (Å²) < 4.78 is 0. The number of aliphatic hydroxyl groups is 1. The largest absolute Gasteiger partial charge is 0.392 e. The highest BCUT2D eigenvalue weighted by atomic mass is 16.3.